The van der Waals surface area contributed by atoms with Gasteiger partial charge >= 0.3 is 0 Å². The third kappa shape index (κ3) is 3.12. The van der Waals surface area contributed by atoms with Gasteiger partial charge in [-0.1, -0.05) is 29.8 Å². The molecule has 2 aliphatic rings. The van der Waals surface area contributed by atoms with Gasteiger partial charge in [0, 0.05) is 36.6 Å². The van der Waals surface area contributed by atoms with Crippen molar-refractivity contribution in [1.29, 1.82) is 0 Å². The number of likely N-dealkylation sites (tertiary alicyclic amines) is 1. The Morgan fingerprint density at radius 1 is 1.39 bits per heavy atom. The number of piperidine rings is 1. The highest BCUT2D eigenvalue weighted by atomic mass is 35.5. The molecule has 1 heterocycles. The fourth-order valence-electron chi connectivity index (χ4n) is 3.91. The summed E-state index contributed by atoms with van der Waals surface area (Å²) in [6.07, 6.45) is 2.54. The summed E-state index contributed by atoms with van der Waals surface area (Å²) in [5.41, 5.74) is 0.729. The van der Waals surface area contributed by atoms with Crippen molar-refractivity contribution < 1.29 is 14.6 Å². The number of nitrogens with zero attached hydrogens (tertiary/aromatic N) is 1. The van der Waals surface area contributed by atoms with E-state index in [1.54, 1.807) is 0 Å². The number of benzene rings is 1. The van der Waals surface area contributed by atoms with Gasteiger partial charge in [-0.05, 0) is 31.4 Å². The molecule has 1 aliphatic heterocycles. The van der Waals surface area contributed by atoms with Crippen molar-refractivity contribution in [1.82, 2.24) is 4.90 Å². The van der Waals surface area contributed by atoms with Gasteiger partial charge in [-0.15, -0.1) is 0 Å². The third-order valence-corrected chi connectivity index (χ3v) is 5.83. The lowest BCUT2D eigenvalue weighted by molar-refractivity contribution is -0.210. The van der Waals surface area contributed by atoms with E-state index < -0.39 is 0 Å². The van der Waals surface area contributed by atoms with Crippen LogP contribution >= 0.6 is 11.6 Å². The van der Waals surface area contributed by atoms with Gasteiger partial charge in [0.2, 0.25) is 5.91 Å². The Morgan fingerprint density at radius 2 is 2.09 bits per heavy atom. The number of carbonyl (C=O) groups excluding carboxylic acids is 1. The summed E-state index contributed by atoms with van der Waals surface area (Å²) >= 11 is 6.14. The van der Waals surface area contributed by atoms with E-state index in [0.29, 0.717) is 31.1 Å². The normalized spacial score (nSPS) is 26.1. The number of halogens is 1. The predicted molar refractivity (Wildman–Crippen MR) is 89.4 cm³/mol. The standard InChI is InChI=1S/C18H24ClNO3/c1-2-23-16-12-15(21)18(16)7-9-20(10-8-18)17(22)11-13-5-3-4-6-14(13)19/h3-6,15-16,21H,2,7-12H2,1H3. The summed E-state index contributed by atoms with van der Waals surface area (Å²) in [5, 5.41) is 10.9. The van der Waals surface area contributed by atoms with Crippen LogP contribution in [0, 0.1) is 5.41 Å². The number of amides is 1. The molecule has 1 spiro atoms. The lowest BCUT2D eigenvalue weighted by Gasteiger charge is -2.56. The van der Waals surface area contributed by atoms with Gasteiger partial charge in [0.25, 0.3) is 0 Å². The average Bonchev–Trinajstić information content (AvgIpc) is 2.57. The summed E-state index contributed by atoms with van der Waals surface area (Å²) < 4.78 is 5.77. The zero-order valence-electron chi connectivity index (χ0n) is 13.5. The number of carbonyl (C=O) groups is 1. The summed E-state index contributed by atoms with van der Waals surface area (Å²) in [6, 6.07) is 7.48. The molecule has 1 N–H and O–H groups in total. The summed E-state index contributed by atoms with van der Waals surface area (Å²) in [7, 11) is 0. The highest BCUT2D eigenvalue weighted by Gasteiger charge is 2.56. The largest absolute Gasteiger partial charge is 0.392 e. The SMILES string of the molecule is CCOC1CC(O)C12CCN(C(=O)Cc1ccccc1Cl)CC2. The lowest BCUT2D eigenvalue weighted by Crippen LogP contribution is -2.62. The van der Waals surface area contributed by atoms with Gasteiger partial charge in [0.1, 0.15) is 0 Å². The Bertz CT molecular complexity index is 567. The van der Waals surface area contributed by atoms with Crippen LogP contribution in [0.2, 0.25) is 5.02 Å². The first-order valence-electron chi connectivity index (χ1n) is 8.37. The molecule has 2 fully saturated rings. The average molecular weight is 338 g/mol. The highest BCUT2D eigenvalue weighted by Crippen LogP contribution is 2.50. The first kappa shape index (κ1) is 16.7. The highest BCUT2D eigenvalue weighted by molar-refractivity contribution is 6.31. The van der Waals surface area contributed by atoms with E-state index in [0.717, 1.165) is 24.8 Å². The van der Waals surface area contributed by atoms with Gasteiger partial charge in [-0.2, -0.15) is 0 Å². The van der Waals surface area contributed by atoms with Crippen molar-refractivity contribution in [2.24, 2.45) is 5.41 Å². The molecule has 1 aromatic carbocycles. The maximum absolute atomic E-state index is 12.5. The smallest absolute Gasteiger partial charge is 0.227 e. The quantitative estimate of drug-likeness (QED) is 0.919. The second-order valence-electron chi connectivity index (χ2n) is 6.58. The predicted octanol–water partition coefficient (Wildman–Crippen LogP) is 2.66. The molecule has 0 bridgehead atoms. The number of aliphatic hydroxyl groups is 1. The molecule has 1 amide bonds. The van der Waals surface area contributed by atoms with Crippen LogP contribution in [0.25, 0.3) is 0 Å². The van der Waals surface area contributed by atoms with E-state index in [1.807, 2.05) is 36.1 Å². The van der Waals surface area contributed by atoms with Crippen molar-refractivity contribution in [2.75, 3.05) is 19.7 Å². The molecule has 2 unspecified atom stereocenters. The van der Waals surface area contributed by atoms with Crippen LogP contribution in [0.3, 0.4) is 0 Å². The molecule has 1 aliphatic carbocycles. The Kier molecular flexibility index (Phi) is 4.95. The summed E-state index contributed by atoms with van der Waals surface area (Å²) in [5.74, 6) is 0.106. The second kappa shape index (κ2) is 6.80. The van der Waals surface area contributed by atoms with Crippen molar-refractivity contribution in [3.63, 3.8) is 0 Å². The van der Waals surface area contributed by atoms with Crippen LogP contribution in [-0.2, 0) is 16.0 Å². The first-order valence-corrected chi connectivity index (χ1v) is 8.75. The van der Waals surface area contributed by atoms with Gasteiger partial charge in [0.05, 0.1) is 18.6 Å². The topological polar surface area (TPSA) is 49.8 Å². The van der Waals surface area contributed by atoms with E-state index in [2.05, 4.69) is 0 Å². The number of rotatable bonds is 4. The molecule has 1 saturated heterocycles. The second-order valence-corrected chi connectivity index (χ2v) is 6.98. The number of hydrogen-bond donors (Lipinski definition) is 1. The molecule has 1 aromatic rings. The first-order chi connectivity index (χ1) is 11.1. The number of ether oxygens (including phenoxy) is 1. The van der Waals surface area contributed by atoms with Crippen LogP contribution in [0.4, 0.5) is 0 Å². The van der Waals surface area contributed by atoms with Gasteiger partial charge in [0.15, 0.2) is 0 Å². The van der Waals surface area contributed by atoms with Crippen LogP contribution in [0.15, 0.2) is 24.3 Å². The van der Waals surface area contributed by atoms with Crippen LogP contribution in [0.5, 0.6) is 0 Å². The Hall–Kier alpha value is -1.10. The van der Waals surface area contributed by atoms with Gasteiger partial charge in [-0.3, -0.25) is 4.79 Å². The molecule has 2 atom stereocenters. The monoisotopic (exact) mass is 337 g/mol. The van der Waals surface area contributed by atoms with Gasteiger partial charge in [-0.25, -0.2) is 0 Å². The van der Waals surface area contributed by atoms with E-state index >= 15 is 0 Å². The molecule has 5 heteroatoms. The summed E-state index contributed by atoms with van der Waals surface area (Å²) in [6.45, 7) is 4.03. The third-order valence-electron chi connectivity index (χ3n) is 5.46. The minimum absolute atomic E-state index is 0.106. The molecule has 0 radical (unpaired) electrons. The Balaban J connectivity index is 1.58. The maximum atomic E-state index is 12.5. The molecule has 1 saturated carbocycles. The maximum Gasteiger partial charge on any atom is 0.227 e. The Morgan fingerprint density at radius 3 is 2.70 bits per heavy atom. The van der Waals surface area contributed by atoms with Crippen molar-refractivity contribution in [3.8, 4) is 0 Å². The summed E-state index contributed by atoms with van der Waals surface area (Å²) in [4.78, 5) is 14.4. The zero-order chi connectivity index (χ0) is 16.4. The molecule has 0 aromatic heterocycles. The van der Waals surface area contributed by atoms with Crippen molar-refractivity contribution in [3.05, 3.63) is 34.9 Å². The van der Waals surface area contributed by atoms with Crippen LogP contribution in [0.1, 0.15) is 31.7 Å². The number of hydrogen-bond acceptors (Lipinski definition) is 3. The fraction of sp³-hybridized carbons (Fsp3) is 0.611. The molecular formula is C18H24ClNO3. The van der Waals surface area contributed by atoms with Crippen molar-refractivity contribution >= 4 is 17.5 Å². The molecular weight excluding hydrogens is 314 g/mol. The fourth-order valence-corrected chi connectivity index (χ4v) is 4.11. The number of aliphatic hydroxyl groups excluding tert-OH is 1. The Labute approximate surface area is 142 Å². The molecule has 23 heavy (non-hydrogen) atoms. The van der Waals surface area contributed by atoms with Crippen LogP contribution < -0.4 is 0 Å². The van der Waals surface area contributed by atoms with Gasteiger partial charge < -0.3 is 14.7 Å². The van der Waals surface area contributed by atoms with E-state index in [1.165, 1.54) is 0 Å². The zero-order valence-corrected chi connectivity index (χ0v) is 14.3. The van der Waals surface area contributed by atoms with Crippen LogP contribution in [-0.4, -0.2) is 47.8 Å². The minimum atomic E-state index is -0.292. The molecule has 126 valence electrons. The minimum Gasteiger partial charge on any atom is -0.392 e. The molecule has 4 nitrogen and oxygen atoms in total. The lowest BCUT2D eigenvalue weighted by atomic mass is 9.58. The molecule has 3 rings (SSSR count). The van der Waals surface area contributed by atoms with E-state index in [4.69, 9.17) is 16.3 Å². The van der Waals surface area contributed by atoms with E-state index in [9.17, 15) is 9.90 Å². The van der Waals surface area contributed by atoms with E-state index in [-0.39, 0.29) is 23.5 Å². The van der Waals surface area contributed by atoms with Crippen molar-refractivity contribution in [2.45, 2.75) is 44.8 Å².